The van der Waals surface area contributed by atoms with Crippen molar-refractivity contribution in [2.45, 2.75) is 18.7 Å². The third-order valence-corrected chi connectivity index (χ3v) is 5.55. The average molecular weight is 431 g/mol. The smallest absolute Gasteiger partial charge is 0.234 e. The normalized spacial score (nSPS) is 10.6. The van der Waals surface area contributed by atoms with Crippen LogP contribution < -0.4 is 10.1 Å². The summed E-state index contributed by atoms with van der Waals surface area (Å²) in [6, 6.07) is 25.3. The second-order valence-corrected chi connectivity index (χ2v) is 7.85. The quantitative estimate of drug-likeness (QED) is 0.403. The van der Waals surface area contributed by atoms with Gasteiger partial charge in [0.1, 0.15) is 18.7 Å². The maximum atomic E-state index is 12.4. The van der Waals surface area contributed by atoms with Gasteiger partial charge < -0.3 is 10.1 Å². The van der Waals surface area contributed by atoms with Crippen LogP contribution in [0.25, 0.3) is 5.69 Å². The van der Waals surface area contributed by atoms with Crippen LogP contribution in [-0.4, -0.2) is 26.4 Å². The SMILES string of the molecule is Cc1ccccc1-n1cnnc1SCC(=O)Nc1ccc(OCc2ccccc2)cc1. The number of benzene rings is 3. The zero-order valence-corrected chi connectivity index (χ0v) is 17.9. The fraction of sp³-hybridized carbons (Fsp3) is 0.125. The summed E-state index contributed by atoms with van der Waals surface area (Å²) in [6.07, 6.45) is 1.66. The van der Waals surface area contributed by atoms with E-state index in [1.165, 1.54) is 11.8 Å². The number of aryl methyl sites for hydroxylation is 1. The molecule has 0 aliphatic rings. The Labute approximate surface area is 185 Å². The van der Waals surface area contributed by atoms with Crippen LogP contribution >= 0.6 is 11.8 Å². The number of aromatic nitrogens is 3. The van der Waals surface area contributed by atoms with Gasteiger partial charge in [-0.05, 0) is 48.4 Å². The topological polar surface area (TPSA) is 69.0 Å². The van der Waals surface area contributed by atoms with Crippen LogP contribution in [0.3, 0.4) is 0 Å². The molecule has 0 fully saturated rings. The highest BCUT2D eigenvalue weighted by Crippen LogP contribution is 2.22. The Bertz CT molecular complexity index is 1140. The monoisotopic (exact) mass is 430 g/mol. The summed E-state index contributed by atoms with van der Waals surface area (Å²) in [6.45, 7) is 2.54. The highest BCUT2D eigenvalue weighted by atomic mass is 32.2. The van der Waals surface area contributed by atoms with Crippen molar-refractivity contribution < 1.29 is 9.53 Å². The van der Waals surface area contributed by atoms with Crippen molar-refractivity contribution in [3.8, 4) is 11.4 Å². The molecule has 6 nitrogen and oxygen atoms in total. The summed E-state index contributed by atoms with van der Waals surface area (Å²) in [5, 5.41) is 11.7. The number of carbonyl (C=O) groups excluding carboxylic acids is 1. The van der Waals surface area contributed by atoms with E-state index in [4.69, 9.17) is 4.74 Å². The molecular formula is C24H22N4O2S. The molecule has 0 bridgehead atoms. The van der Waals surface area contributed by atoms with Crippen LogP contribution in [-0.2, 0) is 11.4 Å². The van der Waals surface area contributed by atoms with Gasteiger partial charge in [-0.25, -0.2) is 0 Å². The lowest BCUT2D eigenvalue weighted by Crippen LogP contribution is -2.14. The van der Waals surface area contributed by atoms with Crippen LogP contribution in [0.5, 0.6) is 5.75 Å². The number of rotatable bonds is 8. The molecule has 1 heterocycles. The van der Waals surface area contributed by atoms with Gasteiger partial charge >= 0.3 is 0 Å². The first-order chi connectivity index (χ1) is 15.2. The first-order valence-corrected chi connectivity index (χ1v) is 10.8. The van der Waals surface area contributed by atoms with E-state index in [0.29, 0.717) is 11.8 Å². The number of nitrogens with zero attached hydrogens (tertiary/aromatic N) is 3. The van der Waals surface area contributed by atoms with E-state index in [2.05, 4.69) is 15.5 Å². The molecule has 0 aliphatic carbocycles. The van der Waals surface area contributed by atoms with E-state index in [9.17, 15) is 4.79 Å². The molecular weight excluding hydrogens is 408 g/mol. The van der Waals surface area contributed by atoms with E-state index < -0.39 is 0 Å². The van der Waals surface area contributed by atoms with Crippen molar-refractivity contribution >= 4 is 23.4 Å². The summed E-state index contributed by atoms with van der Waals surface area (Å²) >= 11 is 1.35. The Morgan fingerprint density at radius 2 is 1.74 bits per heavy atom. The van der Waals surface area contributed by atoms with Gasteiger partial charge in [0, 0.05) is 5.69 Å². The van der Waals surface area contributed by atoms with Gasteiger partial charge in [-0.2, -0.15) is 0 Å². The van der Waals surface area contributed by atoms with Gasteiger partial charge in [-0.1, -0.05) is 60.3 Å². The van der Waals surface area contributed by atoms with Gasteiger partial charge in [0.25, 0.3) is 0 Å². The van der Waals surface area contributed by atoms with Gasteiger partial charge in [-0.15, -0.1) is 10.2 Å². The number of para-hydroxylation sites is 1. The van der Waals surface area contributed by atoms with Gasteiger partial charge in [0.15, 0.2) is 5.16 Å². The molecule has 1 amide bonds. The summed E-state index contributed by atoms with van der Waals surface area (Å²) in [4.78, 5) is 12.4. The zero-order chi connectivity index (χ0) is 21.5. The molecule has 0 aliphatic heterocycles. The largest absolute Gasteiger partial charge is 0.489 e. The minimum atomic E-state index is -0.109. The third kappa shape index (κ3) is 5.52. The van der Waals surface area contributed by atoms with Crippen molar-refractivity contribution in [1.82, 2.24) is 14.8 Å². The standard InChI is InChI=1S/C24H22N4O2S/c1-18-7-5-6-10-22(18)28-17-25-27-24(28)31-16-23(29)26-20-11-13-21(14-12-20)30-15-19-8-3-2-4-9-19/h2-14,17H,15-16H2,1H3,(H,26,29). The Hall–Kier alpha value is -3.58. The number of hydrogen-bond donors (Lipinski definition) is 1. The third-order valence-electron chi connectivity index (χ3n) is 4.61. The molecule has 0 spiro atoms. The predicted molar refractivity (Wildman–Crippen MR) is 123 cm³/mol. The summed E-state index contributed by atoms with van der Waals surface area (Å²) in [5.74, 6) is 0.876. The minimum Gasteiger partial charge on any atom is -0.489 e. The van der Waals surface area contributed by atoms with Crippen molar-refractivity contribution in [2.75, 3.05) is 11.1 Å². The lowest BCUT2D eigenvalue weighted by Gasteiger charge is -2.10. The number of thioether (sulfide) groups is 1. The molecule has 7 heteroatoms. The highest BCUT2D eigenvalue weighted by Gasteiger charge is 2.11. The second-order valence-electron chi connectivity index (χ2n) is 6.91. The number of nitrogens with one attached hydrogen (secondary N) is 1. The number of ether oxygens (including phenoxy) is 1. The van der Waals surface area contributed by atoms with E-state index in [1.54, 1.807) is 6.33 Å². The Kier molecular flexibility index (Phi) is 6.64. The first kappa shape index (κ1) is 20.7. The molecule has 31 heavy (non-hydrogen) atoms. The van der Waals surface area contributed by atoms with Crippen molar-refractivity contribution in [1.29, 1.82) is 0 Å². The minimum absolute atomic E-state index is 0.109. The average Bonchev–Trinajstić information content (AvgIpc) is 3.27. The summed E-state index contributed by atoms with van der Waals surface area (Å²) < 4.78 is 7.67. The van der Waals surface area contributed by atoms with Crippen LogP contribution in [0.4, 0.5) is 5.69 Å². The highest BCUT2D eigenvalue weighted by molar-refractivity contribution is 7.99. The number of carbonyl (C=O) groups is 1. The molecule has 4 rings (SSSR count). The maximum absolute atomic E-state index is 12.4. The van der Waals surface area contributed by atoms with Crippen LogP contribution in [0.15, 0.2) is 90.3 Å². The predicted octanol–water partition coefficient (Wildman–Crippen LogP) is 4.89. The fourth-order valence-corrected chi connectivity index (χ4v) is 3.75. The zero-order valence-electron chi connectivity index (χ0n) is 17.1. The molecule has 0 unspecified atom stereocenters. The lowest BCUT2D eigenvalue weighted by atomic mass is 10.2. The number of anilines is 1. The molecule has 1 aromatic heterocycles. The number of amides is 1. The Balaban J connectivity index is 1.30. The Morgan fingerprint density at radius 1 is 1.00 bits per heavy atom. The molecule has 156 valence electrons. The van der Waals surface area contributed by atoms with Crippen LogP contribution in [0, 0.1) is 6.92 Å². The molecule has 1 N–H and O–H groups in total. The lowest BCUT2D eigenvalue weighted by molar-refractivity contribution is -0.113. The van der Waals surface area contributed by atoms with Crippen molar-refractivity contribution in [3.63, 3.8) is 0 Å². The second kappa shape index (κ2) is 9.95. The molecule has 0 atom stereocenters. The Morgan fingerprint density at radius 3 is 2.52 bits per heavy atom. The summed E-state index contributed by atoms with van der Waals surface area (Å²) in [5.41, 5.74) is 3.94. The fourth-order valence-electron chi connectivity index (χ4n) is 3.02. The van der Waals surface area contributed by atoms with Gasteiger partial charge in [0.05, 0.1) is 11.4 Å². The molecule has 3 aromatic carbocycles. The van der Waals surface area contributed by atoms with E-state index in [1.807, 2.05) is 90.4 Å². The first-order valence-electron chi connectivity index (χ1n) is 9.84. The van der Waals surface area contributed by atoms with Crippen molar-refractivity contribution in [3.05, 3.63) is 96.3 Å². The van der Waals surface area contributed by atoms with E-state index >= 15 is 0 Å². The summed E-state index contributed by atoms with van der Waals surface area (Å²) in [7, 11) is 0. The molecule has 0 saturated heterocycles. The maximum Gasteiger partial charge on any atom is 0.234 e. The molecule has 4 aromatic rings. The van der Waals surface area contributed by atoms with E-state index in [0.717, 1.165) is 28.3 Å². The van der Waals surface area contributed by atoms with Crippen LogP contribution in [0.2, 0.25) is 0 Å². The number of hydrogen-bond acceptors (Lipinski definition) is 5. The van der Waals surface area contributed by atoms with Gasteiger partial charge in [0.2, 0.25) is 5.91 Å². The van der Waals surface area contributed by atoms with Crippen LogP contribution in [0.1, 0.15) is 11.1 Å². The van der Waals surface area contributed by atoms with Gasteiger partial charge in [-0.3, -0.25) is 9.36 Å². The molecule has 0 saturated carbocycles. The van der Waals surface area contributed by atoms with Crippen molar-refractivity contribution in [2.24, 2.45) is 0 Å². The molecule has 0 radical (unpaired) electrons. The van der Waals surface area contributed by atoms with E-state index in [-0.39, 0.29) is 11.7 Å².